The highest BCUT2D eigenvalue weighted by Gasteiger charge is 2.33. The maximum Gasteiger partial charge on any atom is 0.223 e. The molecule has 0 spiro atoms. The van der Waals surface area contributed by atoms with E-state index in [1.807, 2.05) is 12.1 Å². The molecule has 0 radical (unpaired) electrons. The molecule has 3 rings (SSSR count). The monoisotopic (exact) mass is 316 g/mol. The number of nitrogens with two attached hydrogens (primary N) is 1. The number of carbonyl (C=O) groups is 1. The smallest absolute Gasteiger partial charge is 0.223 e. The Hall–Kier alpha value is -1.55. The second kappa shape index (κ2) is 7.35. The van der Waals surface area contributed by atoms with Gasteiger partial charge < -0.3 is 15.4 Å². The first-order valence-electron chi connectivity index (χ1n) is 8.88. The van der Waals surface area contributed by atoms with E-state index in [1.54, 1.807) is 7.11 Å². The van der Waals surface area contributed by atoms with E-state index in [2.05, 4.69) is 17.0 Å². The third kappa shape index (κ3) is 3.69. The van der Waals surface area contributed by atoms with Crippen molar-refractivity contribution in [2.24, 2.45) is 11.7 Å². The predicted molar refractivity (Wildman–Crippen MR) is 91.2 cm³/mol. The summed E-state index contributed by atoms with van der Waals surface area (Å²) in [7, 11) is 1.68. The third-order valence-corrected chi connectivity index (χ3v) is 5.46. The normalized spacial score (nSPS) is 27.9. The second-order valence-corrected chi connectivity index (χ2v) is 6.93. The van der Waals surface area contributed by atoms with E-state index >= 15 is 0 Å². The van der Waals surface area contributed by atoms with Crippen LogP contribution in [0.15, 0.2) is 24.3 Å². The first-order chi connectivity index (χ1) is 11.2. The average Bonchev–Trinajstić information content (AvgIpc) is 3.07. The zero-order valence-corrected chi connectivity index (χ0v) is 14.0. The van der Waals surface area contributed by atoms with Gasteiger partial charge in [-0.3, -0.25) is 4.79 Å². The molecule has 1 aliphatic heterocycles. The van der Waals surface area contributed by atoms with Crippen molar-refractivity contribution in [3.63, 3.8) is 0 Å². The van der Waals surface area contributed by atoms with Crippen molar-refractivity contribution in [3.05, 3.63) is 29.8 Å². The van der Waals surface area contributed by atoms with E-state index in [9.17, 15) is 4.79 Å². The zero-order chi connectivity index (χ0) is 16.2. The van der Waals surface area contributed by atoms with Crippen LogP contribution in [0.5, 0.6) is 5.75 Å². The van der Waals surface area contributed by atoms with Crippen LogP contribution >= 0.6 is 0 Å². The van der Waals surface area contributed by atoms with Crippen molar-refractivity contribution in [3.8, 4) is 5.75 Å². The van der Waals surface area contributed by atoms with Crippen molar-refractivity contribution in [1.82, 2.24) is 4.90 Å². The molecule has 1 amide bonds. The van der Waals surface area contributed by atoms with Crippen LogP contribution in [-0.4, -0.2) is 30.5 Å². The van der Waals surface area contributed by atoms with E-state index < -0.39 is 0 Å². The Labute approximate surface area is 139 Å². The molecule has 1 aromatic rings. The van der Waals surface area contributed by atoms with Crippen LogP contribution in [0.3, 0.4) is 0 Å². The summed E-state index contributed by atoms with van der Waals surface area (Å²) in [5, 5.41) is 0. The van der Waals surface area contributed by atoms with Crippen molar-refractivity contribution in [1.29, 1.82) is 0 Å². The van der Waals surface area contributed by atoms with Crippen molar-refractivity contribution in [2.45, 2.75) is 57.0 Å². The van der Waals surface area contributed by atoms with Gasteiger partial charge in [0.05, 0.1) is 13.2 Å². The van der Waals surface area contributed by atoms with Gasteiger partial charge in [0, 0.05) is 19.0 Å². The predicted octanol–water partition coefficient (Wildman–Crippen LogP) is 3.27. The third-order valence-electron chi connectivity index (χ3n) is 5.46. The molecule has 3 atom stereocenters. The molecule has 2 fully saturated rings. The van der Waals surface area contributed by atoms with Gasteiger partial charge >= 0.3 is 0 Å². The lowest BCUT2D eigenvalue weighted by Crippen LogP contribution is -2.38. The molecule has 2 N–H and O–H groups in total. The summed E-state index contributed by atoms with van der Waals surface area (Å²) in [6.45, 7) is 0.864. The highest BCUT2D eigenvalue weighted by Crippen LogP contribution is 2.35. The Morgan fingerprint density at radius 2 is 2.09 bits per heavy atom. The van der Waals surface area contributed by atoms with Crippen molar-refractivity contribution in [2.75, 3.05) is 13.7 Å². The van der Waals surface area contributed by atoms with Gasteiger partial charge in [0.25, 0.3) is 0 Å². The van der Waals surface area contributed by atoms with Gasteiger partial charge in [0.15, 0.2) is 0 Å². The Morgan fingerprint density at radius 1 is 1.26 bits per heavy atom. The summed E-state index contributed by atoms with van der Waals surface area (Å²) in [6.07, 6.45) is 7.32. The van der Waals surface area contributed by atoms with Crippen LogP contribution in [0.25, 0.3) is 0 Å². The summed E-state index contributed by atoms with van der Waals surface area (Å²) >= 11 is 0. The van der Waals surface area contributed by atoms with Crippen LogP contribution in [-0.2, 0) is 4.79 Å². The summed E-state index contributed by atoms with van der Waals surface area (Å²) < 4.78 is 5.33. The number of ether oxygens (including phenoxy) is 1. The molecular weight excluding hydrogens is 288 g/mol. The number of benzene rings is 1. The van der Waals surface area contributed by atoms with Gasteiger partial charge in [-0.05, 0) is 49.3 Å². The Kier molecular flexibility index (Phi) is 5.21. The molecule has 0 aromatic heterocycles. The van der Waals surface area contributed by atoms with Crippen molar-refractivity contribution >= 4 is 5.91 Å². The number of rotatable bonds is 4. The number of nitrogens with zero attached hydrogens (tertiary/aromatic N) is 1. The van der Waals surface area contributed by atoms with Gasteiger partial charge in [0.1, 0.15) is 5.75 Å². The molecular formula is C19H28N2O2. The molecule has 3 unspecified atom stereocenters. The maximum absolute atomic E-state index is 12.8. The first kappa shape index (κ1) is 16.3. The molecule has 4 heteroatoms. The number of hydrogen-bond acceptors (Lipinski definition) is 3. The van der Waals surface area contributed by atoms with E-state index in [1.165, 1.54) is 18.4 Å². The molecule has 1 aromatic carbocycles. The lowest BCUT2D eigenvalue weighted by Gasteiger charge is -2.31. The van der Waals surface area contributed by atoms with E-state index in [0.29, 0.717) is 12.3 Å². The van der Waals surface area contributed by atoms with Crippen LogP contribution in [0.2, 0.25) is 0 Å². The summed E-state index contributed by atoms with van der Waals surface area (Å²) in [6, 6.07) is 8.51. The molecule has 23 heavy (non-hydrogen) atoms. The maximum atomic E-state index is 12.8. The quantitative estimate of drug-likeness (QED) is 0.927. The Balaban J connectivity index is 1.69. The summed E-state index contributed by atoms with van der Waals surface area (Å²) in [4.78, 5) is 14.9. The van der Waals surface area contributed by atoms with Gasteiger partial charge in [-0.25, -0.2) is 0 Å². The molecule has 126 valence electrons. The average molecular weight is 316 g/mol. The fourth-order valence-electron chi connectivity index (χ4n) is 4.09. The van der Waals surface area contributed by atoms with Crippen LogP contribution in [0, 0.1) is 5.92 Å². The van der Waals surface area contributed by atoms with E-state index in [-0.39, 0.29) is 18.0 Å². The highest BCUT2D eigenvalue weighted by atomic mass is 16.5. The zero-order valence-electron chi connectivity index (χ0n) is 14.0. The summed E-state index contributed by atoms with van der Waals surface area (Å²) in [5.41, 5.74) is 7.41. The lowest BCUT2D eigenvalue weighted by atomic mass is 9.82. The molecule has 1 saturated heterocycles. The molecule has 1 aliphatic carbocycles. The van der Waals surface area contributed by atoms with Gasteiger partial charge in [0.2, 0.25) is 5.91 Å². The number of carbonyl (C=O) groups excluding carboxylic acids is 1. The minimum absolute atomic E-state index is 0.192. The van der Waals surface area contributed by atoms with E-state index in [4.69, 9.17) is 10.5 Å². The summed E-state index contributed by atoms with van der Waals surface area (Å²) in [5.74, 6) is 1.50. The molecule has 1 heterocycles. The van der Waals surface area contributed by atoms with Crippen LogP contribution < -0.4 is 10.5 Å². The molecule has 0 bridgehead atoms. The topological polar surface area (TPSA) is 55.6 Å². The second-order valence-electron chi connectivity index (χ2n) is 6.93. The molecule has 4 nitrogen and oxygen atoms in total. The lowest BCUT2D eigenvalue weighted by molar-refractivity contribution is -0.133. The first-order valence-corrected chi connectivity index (χ1v) is 8.88. The molecule has 2 aliphatic rings. The minimum atomic E-state index is 0.192. The standard InChI is InChI=1S/C19H28N2O2/c1-23-16-8-4-7-15(12-16)18-10-5-11-21(18)19(22)13-14-6-2-3-9-17(14)20/h4,7-8,12,14,17-18H,2-3,5-6,9-11,13,20H2,1H3. The number of likely N-dealkylation sites (tertiary alicyclic amines) is 1. The SMILES string of the molecule is COc1cccc(C2CCCN2C(=O)CC2CCCCC2N)c1. The van der Waals surface area contributed by atoms with Crippen molar-refractivity contribution < 1.29 is 9.53 Å². The number of hydrogen-bond donors (Lipinski definition) is 1. The van der Waals surface area contributed by atoms with Gasteiger partial charge in [-0.1, -0.05) is 25.0 Å². The van der Waals surface area contributed by atoms with Gasteiger partial charge in [-0.15, -0.1) is 0 Å². The number of amides is 1. The van der Waals surface area contributed by atoms with E-state index in [0.717, 1.165) is 38.0 Å². The fraction of sp³-hybridized carbons (Fsp3) is 0.632. The van der Waals surface area contributed by atoms with Crippen LogP contribution in [0.1, 0.15) is 56.6 Å². The Bertz CT molecular complexity index is 546. The minimum Gasteiger partial charge on any atom is -0.497 e. The highest BCUT2D eigenvalue weighted by molar-refractivity contribution is 5.77. The Morgan fingerprint density at radius 3 is 2.87 bits per heavy atom. The van der Waals surface area contributed by atoms with Crippen LogP contribution in [0.4, 0.5) is 0 Å². The number of methoxy groups -OCH3 is 1. The van der Waals surface area contributed by atoms with Gasteiger partial charge in [-0.2, -0.15) is 0 Å². The largest absolute Gasteiger partial charge is 0.497 e. The fourth-order valence-corrected chi connectivity index (χ4v) is 4.09. The molecule has 1 saturated carbocycles.